The molecule has 0 saturated heterocycles. The van der Waals surface area contributed by atoms with Crippen LogP contribution in [0.1, 0.15) is 25.0 Å². The Morgan fingerprint density at radius 2 is 1.85 bits per heavy atom. The van der Waals surface area contributed by atoms with Crippen molar-refractivity contribution in [1.29, 1.82) is 0 Å². The highest BCUT2D eigenvalue weighted by molar-refractivity contribution is 7.09. The lowest BCUT2D eigenvalue weighted by Crippen LogP contribution is -2.23. The molecule has 0 atom stereocenters. The van der Waals surface area contributed by atoms with Gasteiger partial charge >= 0.3 is 0 Å². The van der Waals surface area contributed by atoms with E-state index in [0.29, 0.717) is 26.5 Å². The minimum absolute atomic E-state index is 0.320. The molecular formula is C20H21Cl2N3OS. The summed E-state index contributed by atoms with van der Waals surface area (Å²) < 4.78 is 10.5. The third kappa shape index (κ3) is 4.05. The summed E-state index contributed by atoms with van der Waals surface area (Å²) in [7, 11) is 1.89. The highest BCUT2D eigenvalue weighted by Gasteiger charge is 2.16. The smallest absolute Gasteiger partial charge is 0.209 e. The van der Waals surface area contributed by atoms with Gasteiger partial charge in [-0.05, 0) is 49.2 Å². The van der Waals surface area contributed by atoms with Crippen molar-refractivity contribution in [3.05, 3.63) is 45.4 Å². The highest BCUT2D eigenvalue weighted by Crippen LogP contribution is 2.42. The molecule has 0 aliphatic rings. The van der Waals surface area contributed by atoms with Crippen molar-refractivity contribution in [2.24, 2.45) is 10.9 Å². The number of nitrogens with one attached hydrogen (secondary N) is 1. The molecule has 0 spiro atoms. The number of halogens is 2. The van der Waals surface area contributed by atoms with Gasteiger partial charge in [0, 0.05) is 24.5 Å². The molecule has 1 heterocycles. The third-order valence-corrected chi connectivity index (χ3v) is 5.59. The molecule has 0 bridgehead atoms. The fourth-order valence-corrected chi connectivity index (χ4v) is 4.07. The maximum Gasteiger partial charge on any atom is 0.209 e. The number of fused-ring (bicyclic) bond motifs is 1. The Balaban J connectivity index is 2.00. The number of hydrogen-bond donors (Lipinski definition) is 1. The van der Waals surface area contributed by atoms with Gasteiger partial charge in [-0.1, -0.05) is 37.0 Å². The molecular weight excluding hydrogens is 401 g/mol. The summed E-state index contributed by atoms with van der Waals surface area (Å²) in [5.74, 6) is 2.02. The van der Waals surface area contributed by atoms with Crippen LogP contribution in [0.4, 0.5) is 5.69 Å². The fourth-order valence-electron chi connectivity index (χ4n) is 2.74. The summed E-state index contributed by atoms with van der Waals surface area (Å²) in [6, 6.07) is 7.52. The van der Waals surface area contributed by atoms with E-state index in [1.165, 1.54) is 11.5 Å². The number of benzene rings is 2. The van der Waals surface area contributed by atoms with Crippen molar-refractivity contribution < 1.29 is 4.74 Å². The van der Waals surface area contributed by atoms with Crippen LogP contribution in [0.3, 0.4) is 0 Å². The van der Waals surface area contributed by atoms with Crippen molar-refractivity contribution in [3.8, 4) is 10.8 Å². The van der Waals surface area contributed by atoms with Crippen molar-refractivity contribution in [2.45, 2.75) is 27.7 Å². The second kappa shape index (κ2) is 8.05. The van der Waals surface area contributed by atoms with Gasteiger partial charge < -0.3 is 10.1 Å². The SMILES string of the molecule is CNC(=Nc1cc(C)c(Oc2snc3c(Cl)ccc(Cl)c23)cc1C)C(C)C. The molecule has 0 amide bonds. The molecule has 1 N–H and O–H groups in total. The van der Waals surface area contributed by atoms with Crippen LogP contribution < -0.4 is 10.1 Å². The van der Waals surface area contributed by atoms with Gasteiger partial charge in [0.15, 0.2) is 0 Å². The molecule has 0 saturated carbocycles. The van der Waals surface area contributed by atoms with E-state index in [-0.39, 0.29) is 0 Å². The van der Waals surface area contributed by atoms with Gasteiger partial charge in [-0.2, -0.15) is 4.37 Å². The molecule has 4 nitrogen and oxygen atoms in total. The molecule has 0 radical (unpaired) electrons. The van der Waals surface area contributed by atoms with E-state index in [0.717, 1.165) is 33.8 Å². The number of rotatable bonds is 4. The van der Waals surface area contributed by atoms with Crippen LogP contribution in [-0.2, 0) is 0 Å². The monoisotopic (exact) mass is 421 g/mol. The zero-order valence-corrected chi connectivity index (χ0v) is 18.2. The molecule has 1 aromatic heterocycles. The van der Waals surface area contributed by atoms with E-state index < -0.39 is 0 Å². The van der Waals surface area contributed by atoms with E-state index in [2.05, 4.69) is 23.5 Å². The zero-order chi connectivity index (χ0) is 19.7. The first kappa shape index (κ1) is 19.9. The summed E-state index contributed by atoms with van der Waals surface area (Å²) in [5.41, 5.74) is 3.60. The Kier molecular flexibility index (Phi) is 5.94. The quantitative estimate of drug-likeness (QED) is 0.367. The number of aliphatic imine (C=N–C) groups is 1. The lowest BCUT2D eigenvalue weighted by atomic mass is 10.1. The standard InChI is InChI=1S/C20H21Cl2N3OS/c1-10(2)19(23-5)24-15-8-12(4)16(9-11(15)3)26-20-17-13(21)6-7-14(22)18(17)25-27-20/h6-10H,1-5H3,(H,23,24). The van der Waals surface area contributed by atoms with E-state index in [1.807, 2.05) is 33.0 Å². The van der Waals surface area contributed by atoms with Crippen molar-refractivity contribution >= 4 is 57.2 Å². The first-order chi connectivity index (χ1) is 12.8. The lowest BCUT2D eigenvalue weighted by Gasteiger charge is -2.13. The van der Waals surface area contributed by atoms with Crippen molar-refractivity contribution in [2.75, 3.05) is 7.05 Å². The van der Waals surface area contributed by atoms with E-state index in [4.69, 9.17) is 32.9 Å². The lowest BCUT2D eigenvalue weighted by molar-refractivity contribution is 0.497. The Hall–Kier alpha value is -1.82. The number of ether oxygens (including phenoxy) is 1. The maximum atomic E-state index is 6.34. The molecule has 3 rings (SSSR count). The summed E-state index contributed by atoms with van der Waals surface area (Å²) in [5, 5.41) is 5.67. The minimum Gasteiger partial charge on any atom is -0.444 e. The normalized spacial score (nSPS) is 12.1. The van der Waals surface area contributed by atoms with Crippen molar-refractivity contribution in [3.63, 3.8) is 0 Å². The highest BCUT2D eigenvalue weighted by atomic mass is 35.5. The van der Waals surface area contributed by atoms with Crippen LogP contribution in [0, 0.1) is 19.8 Å². The molecule has 27 heavy (non-hydrogen) atoms. The Morgan fingerprint density at radius 1 is 1.15 bits per heavy atom. The van der Waals surface area contributed by atoms with Crippen LogP contribution >= 0.6 is 34.7 Å². The molecule has 3 aromatic rings. The van der Waals surface area contributed by atoms with Gasteiger partial charge in [0.25, 0.3) is 0 Å². The molecule has 142 valence electrons. The summed E-state index contributed by atoms with van der Waals surface area (Å²) in [6.07, 6.45) is 0. The number of aromatic nitrogens is 1. The van der Waals surface area contributed by atoms with Gasteiger partial charge in [0.05, 0.1) is 21.1 Å². The second-order valence-corrected chi connectivity index (χ2v) is 8.18. The van der Waals surface area contributed by atoms with Crippen LogP contribution in [0.15, 0.2) is 29.3 Å². The number of nitrogens with zero attached hydrogens (tertiary/aromatic N) is 2. The van der Waals surface area contributed by atoms with Crippen LogP contribution in [0.2, 0.25) is 10.0 Å². The first-order valence-corrected chi connectivity index (χ1v) is 10.1. The predicted octanol–water partition coefficient (Wildman–Crippen LogP) is 6.92. The van der Waals surface area contributed by atoms with E-state index >= 15 is 0 Å². The first-order valence-electron chi connectivity index (χ1n) is 8.60. The molecule has 0 unspecified atom stereocenters. The second-order valence-electron chi connectivity index (χ2n) is 6.63. The van der Waals surface area contributed by atoms with Crippen molar-refractivity contribution in [1.82, 2.24) is 9.69 Å². The van der Waals surface area contributed by atoms with Crippen LogP contribution in [0.5, 0.6) is 10.8 Å². The third-order valence-electron chi connectivity index (χ3n) is 4.24. The predicted molar refractivity (Wildman–Crippen MR) is 117 cm³/mol. The van der Waals surface area contributed by atoms with E-state index in [9.17, 15) is 0 Å². The zero-order valence-electron chi connectivity index (χ0n) is 15.9. The number of amidine groups is 1. The molecule has 0 aliphatic heterocycles. The van der Waals surface area contributed by atoms with Crippen LogP contribution in [0.25, 0.3) is 10.9 Å². The average Bonchev–Trinajstić information content (AvgIpc) is 3.04. The largest absolute Gasteiger partial charge is 0.444 e. The summed E-state index contributed by atoms with van der Waals surface area (Å²) in [4.78, 5) is 4.75. The maximum absolute atomic E-state index is 6.34. The Labute approximate surface area is 173 Å². The van der Waals surface area contributed by atoms with E-state index in [1.54, 1.807) is 12.1 Å². The van der Waals surface area contributed by atoms with Gasteiger partial charge in [-0.3, -0.25) is 0 Å². The van der Waals surface area contributed by atoms with Gasteiger partial charge in [0.2, 0.25) is 5.06 Å². The molecule has 7 heteroatoms. The minimum atomic E-state index is 0.320. The average molecular weight is 422 g/mol. The van der Waals surface area contributed by atoms with Crippen LogP contribution in [-0.4, -0.2) is 17.3 Å². The van der Waals surface area contributed by atoms with Gasteiger partial charge in [-0.25, -0.2) is 4.99 Å². The topological polar surface area (TPSA) is 46.5 Å². The Bertz CT molecular complexity index is 1030. The Morgan fingerprint density at radius 3 is 2.52 bits per heavy atom. The van der Waals surface area contributed by atoms with Gasteiger partial charge in [-0.15, -0.1) is 0 Å². The number of aryl methyl sites for hydroxylation is 2. The molecule has 0 aliphatic carbocycles. The summed E-state index contributed by atoms with van der Waals surface area (Å²) in [6.45, 7) is 8.24. The van der Waals surface area contributed by atoms with Gasteiger partial charge in [0.1, 0.15) is 17.1 Å². The molecule has 2 aromatic carbocycles. The fraction of sp³-hybridized carbons (Fsp3) is 0.300. The number of hydrogen-bond acceptors (Lipinski definition) is 4. The molecule has 0 fully saturated rings. The summed E-state index contributed by atoms with van der Waals surface area (Å²) >= 11 is 13.8.